The molecule has 0 amide bonds. The van der Waals surface area contributed by atoms with Crippen LogP contribution in [0.5, 0.6) is 0 Å². The Kier molecular flexibility index (Phi) is 2.25. The van der Waals surface area contributed by atoms with Gasteiger partial charge in [0.15, 0.2) is 0 Å². The second-order valence-corrected chi connectivity index (χ2v) is 5.05. The average molecular weight is 155 g/mol. The molecule has 0 saturated carbocycles. The third-order valence-electron chi connectivity index (χ3n) is 2.26. The SMILES string of the molecule is CC1(C)SCCC1CC#N. The zero-order valence-corrected chi connectivity index (χ0v) is 7.37. The topological polar surface area (TPSA) is 23.8 Å². The van der Waals surface area contributed by atoms with E-state index >= 15 is 0 Å². The van der Waals surface area contributed by atoms with Crippen molar-refractivity contribution in [2.45, 2.75) is 31.4 Å². The van der Waals surface area contributed by atoms with Gasteiger partial charge < -0.3 is 0 Å². The average Bonchev–Trinajstić information content (AvgIpc) is 2.13. The first kappa shape index (κ1) is 7.94. The second-order valence-electron chi connectivity index (χ2n) is 3.30. The van der Waals surface area contributed by atoms with Crippen LogP contribution in [0.15, 0.2) is 0 Å². The van der Waals surface area contributed by atoms with E-state index in [1.807, 2.05) is 11.8 Å². The molecule has 0 aromatic heterocycles. The molecule has 0 radical (unpaired) electrons. The van der Waals surface area contributed by atoms with Crippen LogP contribution in [0.3, 0.4) is 0 Å². The Morgan fingerprint density at radius 3 is 2.80 bits per heavy atom. The summed E-state index contributed by atoms with van der Waals surface area (Å²) in [4.78, 5) is 0. The van der Waals surface area contributed by atoms with Crippen molar-refractivity contribution in [3.8, 4) is 6.07 Å². The van der Waals surface area contributed by atoms with Crippen LogP contribution in [0.1, 0.15) is 26.7 Å². The van der Waals surface area contributed by atoms with Gasteiger partial charge in [0.25, 0.3) is 0 Å². The summed E-state index contributed by atoms with van der Waals surface area (Å²) in [5.74, 6) is 1.86. The first-order chi connectivity index (χ1) is 4.67. The lowest BCUT2D eigenvalue weighted by Crippen LogP contribution is -2.21. The van der Waals surface area contributed by atoms with Crippen molar-refractivity contribution in [1.29, 1.82) is 5.26 Å². The minimum Gasteiger partial charge on any atom is -0.198 e. The van der Waals surface area contributed by atoms with Crippen LogP contribution in [0.2, 0.25) is 0 Å². The molecule has 0 aliphatic carbocycles. The molecule has 56 valence electrons. The van der Waals surface area contributed by atoms with Gasteiger partial charge in [0.1, 0.15) is 0 Å². The molecule has 0 N–H and O–H groups in total. The lowest BCUT2D eigenvalue weighted by atomic mass is 9.90. The van der Waals surface area contributed by atoms with E-state index in [9.17, 15) is 0 Å². The molecule has 0 aromatic rings. The van der Waals surface area contributed by atoms with Crippen LogP contribution in [-0.2, 0) is 0 Å². The van der Waals surface area contributed by atoms with Gasteiger partial charge in [-0.05, 0) is 18.1 Å². The third-order valence-corrected chi connectivity index (χ3v) is 3.78. The Labute approximate surface area is 66.8 Å². The summed E-state index contributed by atoms with van der Waals surface area (Å²) in [5, 5.41) is 8.50. The molecule has 2 heteroatoms. The molecule has 1 heterocycles. The number of rotatable bonds is 1. The smallest absolute Gasteiger partial charge is 0.0625 e. The molecule has 1 fully saturated rings. The highest BCUT2D eigenvalue weighted by molar-refractivity contribution is 8.00. The fourth-order valence-electron chi connectivity index (χ4n) is 1.39. The largest absolute Gasteiger partial charge is 0.198 e. The fourth-order valence-corrected chi connectivity index (χ4v) is 2.75. The molecule has 0 bridgehead atoms. The summed E-state index contributed by atoms with van der Waals surface area (Å²) >= 11 is 2.00. The maximum atomic E-state index is 8.50. The Bertz CT molecular complexity index is 157. The molecule has 10 heavy (non-hydrogen) atoms. The van der Waals surface area contributed by atoms with Crippen molar-refractivity contribution in [1.82, 2.24) is 0 Å². The first-order valence-electron chi connectivity index (χ1n) is 3.68. The number of thioether (sulfide) groups is 1. The number of nitrogens with zero attached hydrogens (tertiary/aromatic N) is 1. The van der Waals surface area contributed by atoms with Gasteiger partial charge in [0, 0.05) is 11.2 Å². The standard InChI is InChI=1S/C8H13NS/c1-8(2)7(3-5-9)4-6-10-8/h7H,3-4,6H2,1-2H3. The minimum atomic E-state index is 0.357. The highest BCUT2D eigenvalue weighted by Gasteiger charge is 2.34. The van der Waals surface area contributed by atoms with E-state index in [0.29, 0.717) is 10.7 Å². The summed E-state index contributed by atoms with van der Waals surface area (Å²) < 4.78 is 0.357. The summed E-state index contributed by atoms with van der Waals surface area (Å²) in [5.41, 5.74) is 0. The molecular formula is C8H13NS. The van der Waals surface area contributed by atoms with Gasteiger partial charge in [0.2, 0.25) is 0 Å². The number of hydrogen-bond donors (Lipinski definition) is 0. The molecule has 1 unspecified atom stereocenters. The van der Waals surface area contributed by atoms with Crippen molar-refractivity contribution < 1.29 is 0 Å². The lowest BCUT2D eigenvalue weighted by molar-refractivity contribution is 0.445. The van der Waals surface area contributed by atoms with Crippen LogP contribution >= 0.6 is 11.8 Å². The molecule has 1 saturated heterocycles. The van der Waals surface area contributed by atoms with E-state index in [4.69, 9.17) is 5.26 Å². The monoisotopic (exact) mass is 155 g/mol. The van der Waals surface area contributed by atoms with Crippen molar-refractivity contribution in [3.63, 3.8) is 0 Å². The summed E-state index contributed by atoms with van der Waals surface area (Å²) in [6, 6.07) is 2.25. The van der Waals surface area contributed by atoms with Crippen molar-refractivity contribution >= 4 is 11.8 Å². The third kappa shape index (κ3) is 1.46. The maximum Gasteiger partial charge on any atom is 0.0625 e. The number of hydrogen-bond acceptors (Lipinski definition) is 2. The van der Waals surface area contributed by atoms with Crippen molar-refractivity contribution in [3.05, 3.63) is 0 Å². The highest BCUT2D eigenvalue weighted by Crippen LogP contribution is 2.43. The normalized spacial score (nSPS) is 29.9. The molecular weight excluding hydrogens is 142 g/mol. The van der Waals surface area contributed by atoms with Crippen LogP contribution in [-0.4, -0.2) is 10.5 Å². The summed E-state index contributed by atoms with van der Waals surface area (Å²) in [6.07, 6.45) is 1.96. The van der Waals surface area contributed by atoms with E-state index in [2.05, 4.69) is 19.9 Å². The van der Waals surface area contributed by atoms with Crippen LogP contribution in [0.4, 0.5) is 0 Å². The molecule has 1 aliphatic heterocycles. The highest BCUT2D eigenvalue weighted by atomic mass is 32.2. The minimum absolute atomic E-state index is 0.357. The molecule has 1 rings (SSSR count). The fraction of sp³-hybridized carbons (Fsp3) is 0.875. The van der Waals surface area contributed by atoms with E-state index in [0.717, 1.165) is 6.42 Å². The van der Waals surface area contributed by atoms with Gasteiger partial charge >= 0.3 is 0 Å². The second kappa shape index (κ2) is 2.84. The van der Waals surface area contributed by atoms with Crippen LogP contribution in [0, 0.1) is 17.2 Å². The van der Waals surface area contributed by atoms with Gasteiger partial charge in [-0.1, -0.05) is 13.8 Å². The quantitative estimate of drug-likeness (QED) is 0.580. The summed E-state index contributed by atoms with van der Waals surface area (Å²) in [7, 11) is 0. The van der Waals surface area contributed by atoms with Gasteiger partial charge in [-0.3, -0.25) is 0 Å². The van der Waals surface area contributed by atoms with Gasteiger partial charge in [-0.2, -0.15) is 17.0 Å². The van der Waals surface area contributed by atoms with Gasteiger partial charge in [0.05, 0.1) is 6.07 Å². The zero-order chi connectivity index (χ0) is 7.61. The predicted molar refractivity (Wildman–Crippen MR) is 44.9 cm³/mol. The van der Waals surface area contributed by atoms with E-state index in [1.54, 1.807) is 0 Å². The maximum absolute atomic E-state index is 8.50. The van der Waals surface area contributed by atoms with E-state index < -0.39 is 0 Å². The Balaban J connectivity index is 2.53. The first-order valence-corrected chi connectivity index (χ1v) is 4.66. The molecule has 1 nitrogen and oxygen atoms in total. The van der Waals surface area contributed by atoms with Crippen molar-refractivity contribution in [2.24, 2.45) is 5.92 Å². The molecule has 0 spiro atoms. The van der Waals surface area contributed by atoms with Gasteiger partial charge in [-0.25, -0.2) is 0 Å². The van der Waals surface area contributed by atoms with E-state index in [1.165, 1.54) is 12.2 Å². The van der Waals surface area contributed by atoms with Crippen LogP contribution < -0.4 is 0 Å². The van der Waals surface area contributed by atoms with Crippen molar-refractivity contribution in [2.75, 3.05) is 5.75 Å². The summed E-state index contributed by atoms with van der Waals surface area (Å²) in [6.45, 7) is 4.49. The Morgan fingerprint density at radius 2 is 2.40 bits per heavy atom. The number of nitriles is 1. The zero-order valence-electron chi connectivity index (χ0n) is 6.55. The van der Waals surface area contributed by atoms with Crippen LogP contribution in [0.25, 0.3) is 0 Å². The van der Waals surface area contributed by atoms with Gasteiger partial charge in [-0.15, -0.1) is 0 Å². The molecule has 1 aliphatic rings. The lowest BCUT2D eigenvalue weighted by Gasteiger charge is -2.23. The molecule has 0 aromatic carbocycles. The predicted octanol–water partition coefficient (Wildman–Crippen LogP) is 2.43. The molecule has 1 atom stereocenters. The van der Waals surface area contributed by atoms with E-state index in [-0.39, 0.29) is 0 Å². The Morgan fingerprint density at radius 1 is 1.70 bits per heavy atom. The Hall–Kier alpha value is -0.160.